The van der Waals surface area contributed by atoms with Gasteiger partial charge in [-0.2, -0.15) is 0 Å². The number of rotatable bonds is 5. The van der Waals surface area contributed by atoms with E-state index < -0.39 is 40.2 Å². The van der Waals surface area contributed by atoms with Gasteiger partial charge in [0.25, 0.3) is 0 Å². The number of nitrogens with zero attached hydrogens (tertiary/aromatic N) is 5. The molecular weight excluding hydrogens is 950 g/mol. The van der Waals surface area contributed by atoms with Gasteiger partial charge in [-0.05, 0) is 90.5 Å². The van der Waals surface area contributed by atoms with Crippen molar-refractivity contribution in [2.24, 2.45) is 0 Å². The fraction of sp³-hybridized carbons (Fsp3) is 0.254. The van der Waals surface area contributed by atoms with Gasteiger partial charge in [-0.1, -0.05) is 180 Å². The van der Waals surface area contributed by atoms with Crippen molar-refractivity contribution >= 4 is 45.8 Å². The first-order chi connectivity index (χ1) is 35.3. The molecule has 8 aromatic rings. The lowest BCUT2D eigenvalue weighted by Crippen LogP contribution is -2.11. The monoisotopic (exact) mass is 1010 g/mol. The molecule has 0 unspecified atom stereocenters. The molecule has 0 amide bonds. The summed E-state index contributed by atoms with van der Waals surface area (Å²) in [6.07, 6.45) is 2.96. The first kappa shape index (κ1) is 50.7. The van der Waals surface area contributed by atoms with Gasteiger partial charge >= 0.3 is 0 Å². The average molecular weight is 1010 g/mol. The molecule has 0 aliphatic carbocycles. The van der Waals surface area contributed by atoms with Gasteiger partial charge in [-0.25, -0.2) is 46.9 Å². The minimum atomic E-state index is -2.28. The normalized spacial score (nSPS) is 13.3. The van der Waals surface area contributed by atoms with E-state index in [1.807, 2.05) is 24.3 Å². The summed E-state index contributed by atoms with van der Waals surface area (Å²) < 4.78 is 77.3. The SMILES string of the molecule is CC(C)(C)c1ccc(C2=C(c3ccc(C(C)(C)C)cc3)c3nc2nc2ccc([nH]2)c(-c2c(F)c(F)c(F)c(F)c2F)c2nc(nc4[nH]c(n3)c(-c3ccc(C(C)(C)C)cc3)c4-c3ccc(C(C)(C)C)cc3)C=C2)cc1. The molecule has 2 N–H and O–H groups in total. The second kappa shape index (κ2) is 18.2. The molecule has 3 aromatic heterocycles. The van der Waals surface area contributed by atoms with E-state index in [4.69, 9.17) is 24.9 Å². The average Bonchev–Trinajstić information content (AvgIpc) is 4.17. The molecule has 0 saturated heterocycles. The summed E-state index contributed by atoms with van der Waals surface area (Å²) in [7, 11) is 0. The van der Waals surface area contributed by atoms with E-state index in [1.165, 1.54) is 18.2 Å². The van der Waals surface area contributed by atoms with Gasteiger partial charge in [0.1, 0.15) is 16.9 Å². The van der Waals surface area contributed by atoms with Crippen LogP contribution in [0.1, 0.15) is 140 Å². The highest BCUT2D eigenvalue weighted by molar-refractivity contribution is 6.06. The maximum absolute atomic E-state index is 16.1. The van der Waals surface area contributed by atoms with Crippen molar-refractivity contribution in [3.8, 4) is 33.4 Å². The molecule has 0 fully saturated rings. The minimum Gasteiger partial charge on any atom is -0.340 e. The maximum atomic E-state index is 16.1. The van der Waals surface area contributed by atoms with E-state index in [2.05, 4.69) is 166 Å². The molecule has 380 valence electrons. The third-order valence-electron chi connectivity index (χ3n) is 14.0. The molecule has 0 radical (unpaired) electrons. The van der Waals surface area contributed by atoms with Crippen LogP contribution in [0.2, 0.25) is 0 Å². The summed E-state index contributed by atoms with van der Waals surface area (Å²) in [5.74, 6) is -9.83. The Hall–Kier alpha value is -7.86. The summed E-state index contributed by atoms with van der Waals surface area (Å²) in [4.78, 5) is 32.4. The molecule has 12 heteroatoms. The Bertz CT molecular complexity index is 3790. The summed E-state index contributed by atoms with van der Waals surface area (Å²) in [5, 5.41) is 0. The van der Waals surface area contributed by atoms with Crippen molar-refractivity contribution in [2.75, 3.05) is 0 Å². The standard InChI is InChI=1S/C63H58F5N7/c1-60(2,3)37-21-13-33(14-22-37)45-47(35-17-25-39(26-18-35)62(7,8)9)58-73-56(45)71-43-31-29-41(69-43)49(50-51(64)53(66)55(68)54(67)52(50)65)42-30-32-44(70-42)72-57-46(34-15-23-38(24-16-34)61(4,5)6)48(59(74-57)75-58)36-19-27-40(28-20-36)63(10,11)12/h13-32H,1-12H3,(H2,69,70,71,72,73,74,75). The predicted molar refractivity (Wildman–Crippen MR) is 292 cm³/mol. The van der Waals surface area contributed by atoms with Crippen molar-refractivity contribution < 1.29 is 22.0 Å². The van der Waals surface area contributed by atoms with Crippen molar-refractivity contribution in [3.05, 3.63) is 195 Å². The van der Waals surface area contributed by atoms with Gasteiger partial charge in [0.05, 0.1) is 16.8 Å². The van der Waals surface area contributed by atoms with Crippen LogP contribution < -0.4 is 0 Å². The molecule has 5 aromatic carbocycles. The molecule has 0 spiro atoms. The maximum Gasteiger partial charge on any atom is 0.200 e. The molecule has 8 bridgehead atoms. The number of nitrogens with one attached hydrogen (secondary N) is 2. The van der Waals surface area contributed by atoms with E-state index >= 15 is 17.6 Å². The summed E-state index contributed by atoms with van der Waals surface area (Å²) in [6, 6.07) is 36.2. The van der Waals surface area contributed by atoms with E-state index in [0.29, 0.717) is 39.4 Å². The highest BCUT2D eigenvalue weighted by Gasteiger charge is 2.32. The Labute approximate surface area is 433 Å². The number of hydrogen-bond donors (Lipinski definition) is 2. The number of H-pyrrole nitrogens is 2. The van der Waals surface area contributed by atoms with Crippen LogP contribution in [-0.2, 0) is 21.7 Å². The highest BCUT2D eigenvalue weighted by Crippen LogP contribution is 2.44. The van der Waals surface area contributed by atoms with Crippen LogP contribution in [0.15, 0.2) is 109 Å². The first-order valence-electron chi connectivity index (χ1n) is 25.0. The zero-order valence-corrected chi connectivity index (χ0v) is 44.2. The Morgan fingerprint density at radius 1 is 0.333 bits per heavy atom. The smallest absolute Gasteiger partial charge is 0.200 e. The van der Waals surface area contributed by atoms with Crippen molar-refractivity contribution in [2.45, 2.75) is 105 Å². The van der Waals surface area contributed by atoms with E-state index in [9.17, 15) is 4.39 Å². The number of aromatic amines is 2. The van der Waals surface area contributed by atoms with Crippen LogP contribution in [0, 0.1) is 29.1 Å². The Morgan fingerprint density at radius 2 is 0.720 bits per heavy atom. The van der Waals surface area contributed by atoms with Crippen LogP contribution in [0.3, 0.4) is 0 Å². The Balaban J connectivity index is 1.41. The van der Waals surface area contributed by atoms with Gasteiger partial charge in [0.2, 0.25) is 5.82 Å². The third kappa shape index (κ3) is 9.40. The van der Waals surface area contributed by atoms with Crippen LogP contribution >= 0.6 is 0 Å². The molecule has 0 atom stereocenters. The molecule has 2 aliphatic rings. The highest BCUT2D eigenvalue weighted by atomic mass is 19.2. The van der Waals surface area contributed by atoms with Crippen LogP contribution in [0.4, 0.5) is 22.0 Å². The quantitative estimate of drug-likeness (QED) is 0.102. The zero-order valence-electron chi connectivity index (χ0n) is 44.2. The number of halogens is 5. The molecule has 0 saturated carbocycles. The lowest BCUT2D eigenvalue weighted by Gasteiger charge is -2.20. The van der Waals surface area contributed by atoms with Gasteiger partial charge < -0.3 is 9.97 Å². The summed E-state index contributed by atoms with van der Waals surface area (Å²) in [6.45, 7) is 25.8. The van der Waals surface area contributed by atoms with Crippen LogP contribution in [-0.4, -0.2) is 34.9 Å². The summed E-state index contributed by atoms with van der Waals surface area (Å²) >= 11 is 0. The lowest BCUT2D eigenvalue weighted by atomic mass is 9.84. The number of fused-ring (bicyclic) bond motifs is 8. The summed E-state index contributed by atoms with van der Waals surface area (Å²) in [5.41, 5.74) is 9.05. The van der Waals surface area contributed by atoms with Gasteiger partial charge in [0.15, 0.2) is 40.7 Å². The molecule has 7 nitrogen and oxygen atoms in total. The van der Waals surface area contributed by atoms with Crippen LogP contribution in [0.25, 0.3) is 79.1 Å². The van der Waals surface area contributed by atoms with Crippen molar-refractivity contribution in [1.82, 2.24) is 34.9 Å². The number of aromatic nitrogens is 7. The third-order valence-corrected chi connectivity index (χ3v) is 14.0. The van der Waals surface area contributed by atoms with E-state index in [-0.39, 0.29) is 50.2 Å². The van der Waals surface area contributed by atoms with Crippen LogP contribution in [0.5, 0.6) is 0 Å². The molecule has 10 rings (SSSR count). The number of hydrogen-bond acceptors (Lipinski definition) is 5. The van der Waals surface area contributed by atoms with Gasteiger partial charge in [0, 0.05) is 27.8 Å². The van der Waals surface area contributed by atoms with Gasteiger partial charge in [-0.3, -0.25) is 0 Å². The van der Waals surface area contributed by atoms with Crippen molar-refractivity contribution in [3.63, 3.8) is 0 Å². The molecular formula is C63H58F5N7. The largest absolute Gasteiger partial charge is 0.340 e. The van der Waals surface area contributed by atoms with E-state index in [1.54, 1.807) is 6.07 Å². The van der Waals surface area contributed by atoms with E-state index in [0.717, 1.165) is 44.5 Å². The first-order valence-corrected chi connectivity index (χ1v) is 25.0. The topological polar surface area (TPSA) is 96.0 Å². The predicted octanol–water partition coefficient (Wildman–Crippen LogP) is 16.6. The number of benzene rings is 5. The minimum absolute atomic E-state index is 0.0259. The second-order valence-electron chi connectivity index (χ2n) is 23.5. The molecule has 2 aliphatic heterocycles. The lowest BCUT2D eigenvalue weighted by molar-refractivity contribution is 0.381. The molecule has 5 heterocycles. The zero-order chi connectivity index (χ0) is 53.7. The van der Waals surface area contributed by atoms with Crippen molar-refractivity contribution in [1.29, 1.82) is 0 Å². The van der Waals surface area contributed by atoms with Gasteiger partial charge in [-0.15, -0.1) is 0 Å². The second-order valence-corrected chi connectivity index (χ2v) is 23.5. The fourth-order valence-corrected chi connectivity index (χ4v) is 9.60. The fourth-order valence-electron chi connectivity index (χ4n) is 9.60. The Morgan fingerprint density at radius 3 is 1.15 bits per heavy atom. The molecule has 75 heavy (non-hydrogen) atoms. The Kier molecular flexibility index (Phi) is 12.3.